The number of amides is 1. The van der Waals surface area contributed by atoms with Crippen molar-refractivity contribution in [3.05, 3.63) is 64.7 Å². The van der Waals surface area contributed by atoms with E-state index in [-0.39, 0.29) is 5.91 Å². The number of nitrogens with zero attached hydrogens (tertiary/aromatic N) is 1. The SMILES string of the molecule is CCNC(=O)c1cccc(CN=C(NCC)NCc2ccc(S(C)(=O)=O)c(C)c2)c1. The van der Waals surface area contributed by atoms with Crippen molar-refractivity contribution in [3.63, 3.8) is 0 Å². The van der Waals surface area contributed by atoms with Gasteiger partial charge in [0.25, 0.3) is 5.91 Å². The van der Waals surface area contributed by atoms with E-state index in [1.807, 2.05) is 38.1 Å². The zero-order valence-electron chi connectivity index (χ0n) is 18.0. The van der Waals surface area contributed by atoms with E-state index in [4.69, 9.17) is 0 Å². The van der Waals surface area contributed by atoms with Gasteiger partial charge in [-0.1, -0.05) is 24.3 Å². The topological polar surface area (TPSA) is 99.7 Å². The largest absolute Gasteiger partial charge is 0.357 e. The van der Waals surface area contributed by atoms with Crippen LogP contribution in [0.2, 0.25) is 0 Å². The lowest BCUT2D eigenvalue weighted by Gasteiger charge is -2.13. The van der Waals surface area contributed by atoms with Crippen molar-refractivity contribution < 1.29 is 13.2 Å². The van der Waals surface area contributed by atoms with Gasteiger partial charge in [-0.05, 0) is 55.7 Å². The first-order chi connectivity index (χ1) is 14.2. The van der Waals surface area contributed by atoms with Crippen LogP contribution >= 0.6 is 0 Å². The first-order valence-corrected chi connectivity index (χ1v) is 11.8. The number of hydrogen-bond acceptors (Lipinski definition) is 4. The summed E-state index contributed by atoms with van der Waals surface area (Å²) in [4.78, 5) is 16.9. The van der Waals surface area contributed by atoms with Gasteiger partial charge < -0.3 is 16.0 Å². The molecule has 3 N–H and O–H groups in total. The summed E-state index contributed by atoms with van der Waals surface area (Å²) in [5.41, 5.74) is 3.23. The average molecular weight is 431 g/mol. The van der Waals surface area contributed by atoms with Gasteiger partial charge in [-0.15, -0.1) is 0 Å². The Morgan fingerprint density at radius 3 is 2.33 bits per heavy atom. The predicted octanol–water partition coefficient (Wildman–Crippen LogP) is 2.40. The Hall–Kier alpha value is -2.87. The normalized spacial score (nSPS) is 11.8. The van der Waals surface area contributed by atoms with Crippen molar-refractivity contribution in [1.82, 2.24) is 16.0 Å². The number of rotatable bonds is 8. The molecule has 0 unspecified atom stereocenters. The summed E-state index contributed by atoms with van der Waals surface area (Å²) < 4.78 is 23.5. The highest BCUT2D eigenvalue weighted by molar-refractivity contribution is 7.90. The van der Waals surface area contributed by atoms with Crippen LogP contribution < -0.4 is 16.0 Å². The quantitative estimate of drug-likeness (QED) is 0.441. The molecule has 0 bridgehead atoms. The third-order valence-electron chi connectivity index (χ3n) is 4.39. The second-order valence-electron chi connectivity index (χ2n) is 6.98. The minimum atomic E-state index is -3.23. The molecule has 0 atom stereocenters. The van der Waals surface area contributed by atoms with Crippen molar-refractivity contribution in [1.29, 1.82) is 0 Å². The van der Waals surface area contributed by atoms with Crippen LogP contribution in [0.4, 0.5) is 0 Å². The molecule has 2 rings (SSSR count). The molecule has 30 heavy (non-hydrogen) atoms. The lowest BCUT2D eigenvalue weighted by atomic mass is 10.1. The number of hydrogen-bond donors (Lipinski definition) is 3. The molecule has 0 aliphatic heterocycles. The summed E-state index contributed by atoms with van der Waals surface area (Å²) in [7, 11) is -3.23. The summed E-state index contributed by atoms with van der Waals surface area (Å²) in [6, 6.07) is 12.7. The summed E-state index contributed by atoms with van der Waals surface area (Å²) in [5.74, 6) is 0.548. The molecule has 2 aromatic rings. The Balaban J connectivity index is 2.07. The van der Waals surface area contributed by atoms with Crippen LogP contribution in [0.1, 0.15) is 40.9 Å². The van der Waals surface area contributed by atoms with E-state index in [0.717, 1.165) is 16.7 Å². The summed E-state index contributed by atoms with van der Waals surface area (Å²) in [5, 5.41) is 9.25. The van der Waals surface area contributed by atoms with Gasteiger partial charge in [0, 0.05) is 31.5 Å². The molecule has 2 aromatic carbocycles. The Labute approximate surface area is 178 Å². The molecule has 1 amide bonds. The number of benzene rings is 2. The molecule has 8 heteroatoms. The van der Waals surface area contributed by atoms with E-state index in [1.165, 1.54) is 6.26 Å². The second kappa shape index (κ2) is 10.8. The summed E-state index contributed by atoms with van der Waals surface area (Å²) >= 11 is 0. The lowest BCUT2D eigenvalue weighted by Crippen LogP contribution is -2.36. The van der Waals surface area contributed by atoms with Crippen molar-refractivity contribution in [3.8, 4) is 0 Å². The average Bonchev–Trinajstić information content (AvgIpc) is 2.69. The van der Waals surface area contributed by atoms with Gasteiger partial charge in [-0.2, -0.15) is 0 Å². The predicted molar refractivity (Wildman–Crippen MR) is 120 cm³/mol. The summed E-state index contributed by atoms with van der Waals surface area (Å²) in [6.45, 7) is 7.89. The standard InChI is InChI=1S/C22H30N4O3S/c1-5-23-21(27)19-9-7-8-17(13-19)14-25-22(24-6-2)26-15-18-10-11-20(16(3)12-18)30(4,28)29/h7-13H,5-6,14-15H2,1-4H3,(H,23,27)(H2,24,25,26). The number of aryl methyl sites for hydroxylation is 1. The molecule has 0 fully saturated rings. The Morgan fingerprint density at radius 1 is 0.967 bits per heavy atom. The van der Waals surface area contributed by atoms with Crippen LogP contribution in [0, 0.1) is 6.92 Å². The number of guanidine groups is 1. The van der Waals surface area contributed by atoms with E-state index in [2.05, 4.69) is 20.9 Å². The molecule has 0 radical (unpaired) electrons. The van der Waals surface area contributed by atoms with Crippen molar-refractivity contribution >= 4 is 21.7 Å². The van der Waals surface area contributed by atoms with E-state index < -0.39 is 9.84 Å². The number of sulfone groups is 1. The monoisotopic (exact) mass is 430 g/mol. The van der Waals surface area contributed by atoms with Gasteiger partial charge in [-0.3, -0.25) is 4.79 Å². The zero-order chi connectivity index (χ0) is 22.1. The maximum Gasteiger partial charge on any atom is 0.251 e. The lowest BCUT2D eigenvalue weighted by molar-refractivity contribution is 0.0955. The van der Waals surface area contributed by atoms with Gasteiger partial charge in [-0.25, -0.2) is 13.4 Å². The maximum absolute atomic E-state index is 12.0. The molecule has 0 saturated carbocycles. The number of carbonyl (C=O) groups excluding carboxylic acids is 1. The smallest absolute Gasteiger partial charge is 0.251 e. The van der Waals surface area contributed by atoms with Crippen molar-refractivity contribution in [2.24, 2.45) is 4.99 Å². The zero-order valence-corrected chi connectivity index (χ0v) is 18.8. The van der Waals surface area contributed by atoms with Crippen LogP contribution in [0.3, 0.4) is 0 Å². The minimum absolute atomic E-state index is 0.0960. The van der Waals surface area contributed by atoms with Crippen LogP contribution in [0.15, 0.2) is 52.4 Å². The van der Waals surface area contributed by atoms with Gasteiger partial charge in [0.15, 0.2) is 15.8 Å². The van der Waals surface area contributed by atoms with Gasteiger partial charge >= 0.3 is 0 Å². The molecule has 0 aliphatic rings. The van der Waals surface area contributed by atoms with E-state index in [9.17, 15) is 13.2 Å². The molecule has 0 aliphatic carbocycles. The van der Waals surface area contributed by atoms with Crippen LogP contribution in [0.5, 0.6) is 0 Å². The highest BCUT2D eigenvalue weighted by Crippen LogP contribution is 2.16. The fourth-order valence-electron chi connectivity index (χ4n) is 3.01. The maximum atomic E-state index is 12.0. The fourth-order valence-corrected chi connectivity index (χ4v) is 3.97. The van der Waals surface area contributed by atoms with E-state index >= 15 is 0 Å². The summed E-state index contributed by atoms with van der Waals surface area (Å²) in [6.07, 6.45) is 1.21. The highest BCUT2D eigenvalue weighted by atomic mass is 32.2. The van der Waals surface area contributed by atoms with Crippen molar-refractivity contribution in [2.75, 3.05) is 19.3 Å². The van der Waals surface area contributed by atoms with Crippen LogP contribution in [-0.4, -0.2) is 39.6 Å². The highest BCUT2D eigenvalue weighted by Gasteiger charge is 2.11. The van der Waals surface area contributed by atoms with Crippen LogP contribution in [0.25, 0.3) is 0 Å². The second-order valence-corrected chi connectivity index (χ2v) is 8.96. The molecular weight excluding hydrogens is 400 g/mol. The van der Waals surface area contributed by atoms with E-state index in [0.29, 0.717) is 42.6 Å². The van der Waals surface area contributed by atoms with Gasteiger partial charge in [0.2, 0.25) is 0 Å². The minimum Gasteiger partial charge on any atom is -0.357 e. The number of aliphatic imine (C=N–C) groups is 1. The molecular formula is C22H30N4O3S. The third kappa shape index (κ3) is 6.88. The number of carbonyl (C=O) groups is 1. The first-order valence-electron chi connectivity index (χ1n) is 9.93. The molecule has 7 nitrogen and oxygen atoms in total. The molecule has 0 heterocycles. The molecule has 162 valence electrons. The Bertz CT molecular complexity index is 1020. The fraction of sp³-hybridized carbons (Fsp3) is 0.364. The van der Waals surface area contributed by atoms with Crippen molar-refractivity contribution in [2.45, 2.75) is 38.8 Å². The van der Waals surface area contributed by atoms with Gasteiger partial charge in [0.05, 0.1) is 11.4 Å². The van der Waals surface area contributed by atoms with E-state index in [1.54, 1.807) is 25.1 Å². The first kappa shape index (κ1) is 23.4. The Kier molecular flexibility index (Phi) is 8.41. The van der Waals surface area contributed by atoms with Gasteiger partial charge in [0.1, 0.15) is 0 Å². The molecule has 0 aromatic heterocycles. The molecule has 0 spiro atoms. The Morgan fingerprint density at radius 2 is 1.70 bits per heavy atom. The molecule has 0 saturated heterocycles. The number of nitrogens with one attached hydrogen (secondary N) is 3. The third-order valence-corrected chi connectivity index (χ3v) is 5.65. The van der Waals surface area contributed by atoms with Crippen LogP contribution in [-0.2, 0) is 22.9 Å².